The molecule has 0 aliphatic carbocycles. The molecule has 110 valence electrons. The number of rotatable bonds is 4. The molecule has 0 saturated heterocycles. The number of carbonyl (C=O) groups excluding carboxylic acids is 1. The Morgan fingerprint density at radius 3 is 2.71 bits per heavy atom. The van der Waals surface area contributed by atoms with Gasteiger partial charge in [0.05, 0.1) is 6.04 Å². The van der Waals surface area contributed by atoms with Crippen LogP contribution in [0.4, 0.5) is 0 Å². The van der Waals surface area contributed by atoms with Crippen LogP contribution in [0.3, 0.4) is 0 Å². The molecule has 5 nitrogen and oxygen atoms in total. The van der Waals surface area contributed by atoms with Crippen LogP contribution in [0.5, 0.6) is 0 Å². The number of thiazole rings is 1. The van der Waals surface area contributed by atoms with E-state index in [1.807, 2.05) is 0 Å². The van der Waals surface area contributed by atoms with Crippen molar-refractivity contribution in [2.75, 3.05) is 0 Å². The summed E-state index contributed by atoms with van der Waals surface area (Å²) in [6.07, 6.45) is 0. The Kier molecular flexibility index (Phi) is 4.59. The number of amides is 1. The van der Waals surface area contributed by atoms with Crippen LogP contribution in [0.1, 0.15) is 44.4 Å². The summed E-state index contributed by atoms with van der Waals surface area (Å²) in [6.45, 7) is 3.56. The standard InChI is InChI=1S/C14H13ClN2O3S/c1-7-5-9(15)3-4-10(7)12(18)16-8(2)13-17-11(6-21-13)14(19)20/h3-6,8H,1-2H3,(H,16,18)(H,19,20). The number of aryl methyl sites for hydroxylation is 1. The highest BCUT2D eigenvalue weighted by molar-refractivity contribution is 7.09. The van der Waals surface area contributed by atoms with Crippen LogP contribution >= 0.6 is 22.9 Å². The van der Waals surface area contributed by atoms with Crippen molar-refractivity contribution in [2.45, 2.75) is 19.9 Å². The number of hydrogen-bond acceptors (Lipinski definition) is 4. The summed E-state index contributed by atoms with van der Waals surface area (Å²) in [5.74, 6) is -1.33. The first-order valence-corrected chi connectivity index (χ1v) is 7.40. The Morgan fingerprint density at radius 2 is 2.14 bits per heavy atom. The van der Waals surface area contributed by atoms with E-state index in [2.05, 4.69) is 10.3 Å². The maximum atomic E-state index is 12.2. The van der Waals surface area contributed by atoms with Gasteiger partial charge in [0, 0.05) is 16.0 Å². The van der Waals surface area contributed by atoms with Crippen molar-refractivity contribution < 1.29 is 14.7 Å². The minimum absolute atomic E-state index is 0.0150. The zero-order chi connectivity index (χ0) is 15.6. The molecule has 1 aromatic carbocycles. The molecule has 0 radical (unpaired) electrons. The van der Waals surface area contributed by atoms with Crippen LogP contribution < -0.4 is 5.32 Å². The van der Waals surface area contributed by atoms with Gasteiger partial charge in [-0.15, -0.1) is 11.3 Å². The molecule has 2 rings (SSSR count). The molecule has 1 aromatic heterocycles. The van der Waals surface area contributed by atoms with Gasteiger partial charge < -0.3 is 10.4 Å². The highest BCUT2D eigenvalue weighted by Gasteiger charge is 2.17. The SMILES string of the molecule is Cc1cc(Cl)ccc1C(=O)NC(C)c1nc(C(=O)O)cs1. The third kappa shape index (κ3) is 3.59. The molecular weight excluding hydrogens is 312 g/mol. The molecule has 2 aromatic rings. The topological polar surface area (TPSA) is 79.3 Å². The quantitative estimate of drug-likeness (QED) is 0.904. The van der Waals surface area contributed by atoms with Crippen molar-refractivity contribution in [2.24, 2.45) is 0 Å². The summed E-state index contributed by atoms with van der Waals surface area (Å²) >= 11 is 7.06. The normalized spacial score (nSPS) is 12.0. The Morgan fingerprint density at radius 1 is 1.43 bits per heavy atom. The van der Waals surface area contributed by atoms with Gasteiger partial charge in [-0.1, -0.05) is 11.6 Å². The summed E-state index contributed by atoms with van der Waals surface area (Å²) in [7, 11) is 0. The van der Waals surface area contributed by atoms with Gasteiger partial charge in [-0.2, -0.15) is 0 Å². The molecule has 2 N–H and O–H groups in total. The van der Waals surface area contributed by atoms with E-state index in [0.29, 0.717) is 15.6 Å². The van der Waals surface area contributed by atoms with E-state index in [4.69, 9.17) is 16.7 Å². The molecule has 1 unspecified atom stereocenters. The van der Waals surface area contributed by atoms with Crippen LogP contribution in [0.2, 0.25) is 5.02 Å². The first kappa shape index (κ1) is 15.5. The van der Waals surface area contributed by atoms with E-state index in [-0.39, 0.29) is 17.6 Å². The molecule has 1 heterocycles. The summed E-state index contributed by atoms with van der Waals surface area (Å²) in [4.78, 5) is 27.0. The lowest BCUT2D eigenvalue weighted by atomic mass is 10.1. The number of aromatic nitrogens is 1. The number of aromatic carboxylic acids is 1. The van der Waals surface area contributed by atoms with Gasteiger partial charge in [-0.25, -0.2) is 9.78 Å². The first-order valence-electron chi connectivity index (χ1n) is 6.14. The number of carbonyl (C=O) groups is 2. The molecule has 21 heavy (non-hydrogen) atoms. The molecule has 0 spiro atoms. The Labute approximate surface area is 130 Å². The molecule has 0 aliphatic heterocycles. The Balaban J connectivity index is 2.12. The molecule has 0 fully saturated rings. The Bertz CT molecular complexity index is 699. The summed E-state index contributed by atoms with van der Waals surface area (Å²) in [6, 6.07) is 4.66. The van der Waals surface area contributed by atoms with Crippen LogP contribution in [0.15, 0.2) is 23.6 Å². The lowest BCUT2D eigenvalue weighted by molar-refractivity contribution is 0.0691. The van der Waals surface area contributed by atoms with Gasteiger partial charge in [0.2, 0.25) is 0 Å². The van der Waals surface area contributed by atoms with Gasteiger partial charge in [0.15, 0.2) is 5.69 Å². The van der Waals surface area contributed by atoms with Gasteiger partial charge in [-0.05, 0) is 37.6 Å². The Hall–Kier alpha value is -1.92. The van der Waals surface area contributed by atoms with E-state index in [0.717, 1.165) is 5.56 Å². The minimum atomic E-state index is -1.08. The van der Waals surface area contributed by atoms with Crippen molar-refractivity contribution in [3.05, 3.63) is 50.4 Å². The molecule has 0 bridgehead atoms. The number of carboxylic acids is 1. The maximum Gasteiger partial charge on any atom is 0.355 e. The molecule has 1 amide bonds. The van der Waals surface area contributed by atoms with Crippen molar-refractivity contribution >= 4 is 34.8 Å². The molecule has 7 heteroatoms. The molecule has 0 aliphatic rings. The summed E-state index contributed by atoms with van der Waals surface area (Å²) < 4.78 is 0. The zero-order valence-electron chi connectivity index (χ0n) is 11.4. The number of benzene rings is 1. The lowest BCUT2D eigenvalue weighted by Crippen LogP contribution is -2.27. The van der Waals surface area contributed by atoms with E-state index in [1.165, 1.54) is 16.7 Å². The number of halogens is 1. The average molecular weight is 325 g/mol. The van der Waals surface area contributed by atoms with Crippen LogP contribution in [0, 0.1) is 6.92 Å². The lowest BCUT2D eigenvalue weighted by Gasteiger charge is -2.12. The zero-order valence-corrected chi connectivity index (χ0v) is 13.0. The van der Waals surface area contributed by atoms with E-state index < -0.39 is 5.97 Å². The summed E-state index contributed by atoms with van der Waals surface area (Å²) in [5, 5.41) is 14.2. The number of nitrogens with zero attached hydrogens (tertiary/aromatic N) is 1. The second kappa shape index (κ2) is 6.24. The fourth-order valence-electron chi connectivity index (χ4n) is 1.80. The minimum Gasteiger partial charge on any atom is -0.476 e. The van der Waals surface area contributed by atoms with Crippen molar-refractivity contribution in [3.63, 3.8) is 0 Å². The highest BCUT2D eigenvalue weighted by Crippen LogP contribution is 2.20. The monoisotopic (exact) mass is 324 g/mol. The van der Waals surface area contributed by atoms with Crippen molar-refractivity contribution in [1.29, 1.82) is 0 Å². The average Bonchev–Trinajstić information content (AvgIpc) is 2.88. The second-order valence-corrected chi connectivity index (χ2v) is 5.86. The van der Waals surface area contributed by atoms with Crippen molar-refractivity contribution in [1.82, 2.24) is 10.3 Å². The fraction of sp³-hybridized carbons (Fsp3) is 0.214. The number of nitrogens with one attached hydrogen (secondary N) is 1. The van der Waals surface area contributed by atoms with Crippen LogP contribution in [-0.2, 0) is 0 Å². The van der Waals surface area contributed by atoms with Crippen LogP contribution in [0.25, 0.3) is 0 Å². The third-order valence-corrected chi connectivity index (χ3v) is 4.15. The second-order valence-electron chi connectivity index (χ2n) is 4.53. The van der Waals surface area contributed by atoms with E-state index in [9.17, 15) is 9.59 Å². The largest absolute Gasteiger partial charge is 0.476 e. The molecule has 1 atom stereocenters. The number of hydrogen-bond donors (Lipinski definition) is 2. The van der Waals surface area contributed by atoms with Crippen LogP contribution in [-0.4, -0.2) is 22.0 Å². The highest BCUT2D eigenvalue weighted by atomic mass is 35.5. The third-order valence-electron chi connectivity index (χ3n) is 2.89. The first-order chi connectivity index (χ1) is 9.88. The van der Waals surface area contributed by atoms with Gasteiger partial charge in [0.1, 0.15) is 5.01 Å². The predicted molar refractivity (Wildman–Crippen MR) is 81.1 cm³/mol. The summed E-state index contributed by atoms with van der Waals surface area (Å²) in [5.41, 5.74) is 1.29. The van der Waals surface area contributed by atoms with E-state index in [1.54, 1.807) is 32.0 Å². The van der Waals surface area contributed by atoms with Crippen molar-refractivity contribution in [3.8, 4) is 0 Å². The van der Waals surface area contributed by atoms with Gasteiger partial charge >= 0.3 is 5.97 Å². The predicted octanol–water partition coefficient (Wildman–Crippen LogP) is 3.29. The van der Waals surface area contributed by atoms with Gasteiger partial charge in [0.25, 0.3) is 5.91 Å². The maximum absolute atomic E-state index is 12.2. The molecule has 0 saturated carbocycles. The number of carboxylic acid groups (broad SMARTS) is 1. The van der Waals surface area contributed by atoms with Gasteiger partial charge in [-0.3, -0.25) is 4.79 Å². The molecular formula is C14H13ClN2O3S. The fourth-order valence-corrected chi connectivity index (χ4v) is 2.83. The smallest absolute Gasteiger partial charge is 0.355 e. The van der Waals surface area contributed by atoms with E-state index >= 15 is 0 Å².